The molecule has 0 spiro atoms. The highest BCUT2D eigenvalue weighted by atomic mass is 19.1. The van der Waals surface area contributed by atoms with Gasteiger partial charge in [-0.05, 0) is 51.5 Å². The van der Waals surface area contributed by atoms with E-state index in [9.17, 15) is 9.18 Å². The van der Waals surface area contributed by atoms with Gasteiger partial charge < -0.3 is 10.5 Å². The number of amides is 1. The van der Waals surface area contributed by atoms with E-state index in [1.54, 1.807) is 46.0 Å². The number of benzene rings is 1. The molecule has 0 radical (unpaired) electrons. The minimum absolute atomic E-state index is 0.0447. The second-order valence-electron chi connectivity index (χ2n) is 7.23. The van der Waals surface area contributed by atoms with Gasteiger partial charge in [0.15, 0.2) is 11.5 Å². The van der Waals surface area contributed by atoms with Crippen LogP contribution in [0, 0.1) is 5.82 Å². The van der Waals surface area contributed by atoms with Crippen molar-refractivity contribution in [2.24, 2.45) is 4.99 Å². The summed E-state index contributed by atoms with van der Waals surface area (Å²) in [5, 5.41) is 2.46. The van der Waals surface area contributed by atoms with Crippen LogP contribution in [-0.4, -0.2) is 29.4 Å². The third-order valence-electron chi connectivity index (χ3n) is 3.61. The van der Waals surface area contributed by atoms with Gasteiger partial charge in [-0.3, -0.25) is 4.99 Å². The summed E-state index contributed by atoms with van der Waals surface area (Å²) >= 11 is 0. The van der Waals surface area contributed by atoms with Crippen molar-refractivity contribution in [3.63, 3.8) is 0 Å². The number of aromatic amines is 1. The van der Waals surface area contributed by atoms with Gasteiger partial charge in [0.2, 0.25) is 0 Å². The number of rotatable bonds is 4. The maximum Gasteiger partial charge on any atom is 0.476 e. The van der Waals surface area contributed by atoms with Gasteiger partial charge in [-0.2, -0.15) is 9.71 Å². The maximum absolute atomic E-state index is 14.4. The van der Waals surface area contributed by atoms with Crippen LogP contribution in [0.5, 0.6) is 0 Å². The van der Waals surface area contributed by atoms with Crippen LogP contribution in [0.4, 0.5) is 20.8 Å². The van der Waals surface area contributed by atoms with Crippen LogP contribution in [0.2, 0.25) is 0 Å². The summed E-state index contributed by atoms with van der Waals surface area (Å²) in [6.45, 7) is 10.9. The molecule has 0 fully saturated rings. The van der Waals surface area contributed by atoms with Gasteiger partial charge >= 0.3 is 12.0 Å². The van der Waals surface area contributed by atoms with Crippen molar-refractivity contribution in [1.82, 2.24) is 4.98 Å². The molecule has 0 unspecified atom stereocenters. The van der Waals surface area contributed by atoms with Crippen molar-refractivity contribution < 1.29 is 18.9 Å². The SMILES string of the molecule is C=C(C)C(=NC)c1cc(-c2nc(NC(=O)OC(C)(C)C)[nH+]cc2F)ccc1N. The standard InChI is InChI=1S/C20H24FN5O2/c1-11(2)16(23-6)13-9-12(7-8-15(13)22)17-14(21)10-24-18(25-17)26-19(27)28-20(3,4)5/h7-10H,1,22H2,2-6H3,(H,24,25,26,27)/p+1. The third kappa shape index (κ3) is 5.12. The summed E-state index contributed by atoms with van der Waals surface area (Å²) in [5.74, 6) is -0.538. The second-order valence-corrected chi connectivity index (χ2v) is 7.23. The highest BCUT2D eigenvalue weighted by molar-refractivity contribution is 6.15. The van der Waals surface area contributed by atoms with E-state index in [4.69, 9.17) is 10.5 Å². The fourth-order valence-electron chi connectivity index (χ4n) is 2.51. The maximum atomic E-state index is 14.4. The summed E-state index contributed by atoms with van der Waals surface area (Å²) in [7, 11) is 1.63. The average molecular weight is 386 g/mol. The molecular weight excluding hydrogens is 361 g/mol. The van der Waals surface area contributed by atoms with Crippen LogP contribution in [0.15, 0.2) is 41.5 Å². The third-order valence-corrected chi connectivity index (χ3v) is 3.61. The van der Waals surface area contributed by atoms with Crippen LogP contribution < -0.4 is 16.0 Å². The number of nitrogens with two attached hydrogens (primary N) is 1. The fourth-order valence-corrected chi connectivity index (χ4v) is 2.51. The molecule has 1 aromatic carbocycles. The van der Waals surface area contributed by atoms with Crippen molar-refractivity contribution in [3.05, 3.63) is 47.9 Å². The Balaban J connectivity index is 2.43. The summed E-state index contributed by atoms with van der Waals surface area (Å²) in [6.07, 6.45) is 0.410. The lowest BCUT2D eigenvalue weighted by atomic mass is 9.99. The van der Waals surface area contributed by atoms with Crippen molar-refractivity contribution in [3.8, 4) is 11.3 Å². The number of nitrogens with zero attached hydrogens (tertiary/aromatic N) is 2. The van der Waals surface area contributed by atoms with Crippen molar-refractivity contribution in [1.29, 1.82) is 0 Å². The Morgan fingerprint density at radius 3 is 2.64 bits per heavy atom. The Morgan fingerprint density at radius 2 is 2.07 bits per heavy atom. The van der Waals surface area contributed by atoms with Crippen LogP contribution >= 0.6 is 0 Å². The van der Waals surface area contributed by atoms with E-state index < -0.39 is 17.5 Å². The average Bonchev–Trinajstić information content (AvgIpc) is 2.57. The molecule has 1 heterocycles. The number of aromatic nitrogens is 2. The fraction of sp³-hybridized carbons (Fsp3) is 0.300. The zero-order chi connectivity index (χ0) is 21.1. The van der Waals surface area contributed by atoms with E-state index in [0.29, 0.717) is 22.5 Å². The number of anilines is 2. The van der Waals surface area contributed by atoms with Crippen molar-refractivity contribution in [2.45, 2.75) is 33.3 Å². The normalized spacial score (nSPS) is 11.9. The molecule has 1 amide bonds. The molecular formula is C20H25FN5O2+. The number of hydrogen-bond donors (Lipinski definition) is 2. The number of halogens is 1. The Kier molecular flexibility index (Phi) is 6.12. The number of carbonyl (C=O) groups excluding carboxylic acids is 1. The van der Waals surface area contributed by atoms with Gasteiger partial charge in [0.05, 0.1) is 5.71 Å². The largest absolute Gasteiger partial charge is 0.476 e. The molecule has 148 valence electrons. The Labute approximate surface area is 163 Å². The van der Waals surface area contributed by atoms with Crippen LogP contribution in [0.25, 0.3) is 11.3 Å². The molecule has 28 heavy (non-hydrogen) atoms. The number of hydrogen-bond acceptors (Lipinski definition) is 5. The van der Waals surface area contributed by atoms with Crippen LogP contribution in [0.1, 0.15) is 33.3 Å². The Hall–Kier alpha value is -3.29. The minimum atomic E-state index is -0.700. The van der Waals surface area contributed by atoms with Gasteiger partial charge in [-0.25, -0.2) is 9.78 Å². The first-order valence-electron chi connectivity index (χ1n) is 8.63. The number of carbonyl (C=O) groups is 1. The van der Waals surface area contributed by atoms with E-state index in [1.165, 1.54) is 0 Å². The highest BCUT2D eigenvalue weighted by Gasteiger charge is 2.23. The minimum Gasteiger partial charge on any atom is -0.432 e. The number of nitrogens with one attached hydrogen (secondary N) is 2. The van der Waals surface area contributed by atoms with E-state index in [2.05, 4.69) is 26.9 Å². The molecule has 0 aliphatic heterocycles. The molecule has 0 saturated heterocycles. The first-order valence-corrected chi connectivity index (χ1v) is 8.63. The summed E-state index contributed by atoms with van der Waals surface area (Å²) in [6, 6.07) is 4.99. The monoisotopic (exact) mass is 386 g/mol. The lowest BCUT2D eigenvalue weighted by molar-refractivity contribution is -0.367. The summed E-state index contributed by atoms with van der Waals surface area (Å²) < 4.78 is 19.6. The second kappa shape index (κ2) is 8.16. The number of ether oxygens (including phenoxy) is 1. The van der Waals surface area contributed by atoms with E-state index in [0.717, 1.165) is 11.8 Å². The van der Waals surface area contributed by atoms with Crippen LogP contribution in [-0.2, 0) is 4.74 Å². The first kappa shape index (κ1) is 21.0. The van der Waals surface area contributed by atoms with Crippen molar-refractivity contribution in [2.75, 3.05) is 18.1 Å². The van der Waals surface area contributed by atoms with E-state index >= 15 is 0 Å². The molecule has 2 rings (SSSR count). The zero-order valence-electron chi connectivity index (χ0n) is 16.7. The molecule has 4 N–H and O–H groups in total. The number of aliphatic imine (C=N–C) groups is 1. The van der Waals surface area contributed by atoms with Gasteiger partial charge in [0.25, 0.3) is 0 Å². The summed E-state index contributed by atoms with van der Waals surface area (Å²) in [4.78, 5) is 22.9. The van der Waals surface area contributed by atoms with Gasteiger partial charge in [0, 0.05) is 23.9 Å². The topological polar surface area (TPSA) is 104 Å². The van der Waals surface area contributed by atoms with Gasteiger partial charge in [0.1, 0.15) is 11.8 Å². The first-order chi connectivity index (χ1) is 13.0. The molecule has 7 nitrogen and oxygen atoms in total. The number of nitrogen functional groups attached to an aromatic ring is 1. The zero-order valence-corrected chi connectivity index (χ0v) is 16.7. The van der Waals surface area contributed by atoms with E-state index in [1.807, 2.05) is 6.92 Å². The summed E-state index contributed by atoms with van der Waals surface area (Å²) in [5.41, 5.74) is 8.38. The molecule has 0 aliphatic carbocycles. The predicted octanol–water partition coefficient (Wildman–Crippen LogP) is 3.63. The van der Waals surface area contributed by atoms with Gasteiger partial charge in [-0.15, -0.1) is 0 Å². The highest BCUT2D eigenvalue weighted by Crippen LogP contribution is 2.26. The molecule has 0 saturated carbocycles. The molecule has 0 aliphatic rings. The molecule has 2 aromatic rings. The molecule has 8 heteroatoms. The number of allylic oxidation sites excluding steroid dienone is 1. The predicted molar refractivity (Wildman–Crippen MR) is 108 cm³/mol. The van der Waals surface area contributed by atoms with Crippen molar-refractivity contribution >= 4 is 23.4 Å². The smallest absolute Gasteiger partial charge is 0.432 e. The number of H-pyrrole nitrogens is 1. The van der Waals surface area contributed by atoms with Crippen LogP contribution in [0.3, 0.4) is 0 Å². The molecule has 1 aromatic heterocycles. The van der Waals surface area contributed by atoms with Gasteiger partial charge in [-0.1, -0.05) is 11.6 Å². The molecule has 0 atom stereocenters. The lowest BCUT2D eigenvalue weighted by Crippen LogP contribution is -2.30. The Morgan fingerprint density at radius 1 is 1.39 bits per heavy atom. The molecule has 0 bridgehead atoms. The Bertz CT molecular complexity index is 948. The van der Waals surface area contributed by atoms with E-state index in [-0.39, 0.29) is 11.6 Å². The lowest BCUT2D eigenvalue weighted by Gasteiger charge is -2.17. The quantitative estimate of drug-likeness (QED) is 0.618.